The van der Waals surface area contributed by atoms with Crippen LogP contribution in [0.1, 0.15) is 31.2 Å². The molecular formula is C16H14ClF4N3S. The second-order valence-corrected chi connectivity index (χ2v) is 6.66. The Hall–Kier alpha value is -1.80. The van der Waals surface area contributed by atoms with Gasteiger partial charge >= 0.3 is 6.18 Å². The lowest BCUT2D eigenvalue weighted by atomic mass is 10.2. The fraction of sp³-hybridized carbons (Fsp3) is 0.250. The maximum atomic E-state index is 13.2. The number of fused-ring (bicyclic) bond motifs is 1. The zero-order valence-electron chi connectivity index (χ0n) is 13.2. The van der Waals surface area contributed by atoms with Crippen LogP contribution in [-0.4, -0.2) is 14.6 Å². The van der Waals surface area contributed by atoms with E-state index in [4.69, 9.17) is 0 Å². The summed E-state index contributed by atoms with van der Waals surface area (Å²) in [5, 5.41) is 8.12. The molecule has 0 aliphatic rings. The highest BCUT2D eigenvalue weighted by atomic mass is 35.5. The Labute approximate surface area is 151 Å². The molecule has 0 unspecified atom stereocenters. The van der Waals surface area contributed by atoms with Crippen LogP contribution in [0.5, 0.6) is 0 Å². The summed E-state index contributed by atoms with van der Waals surface area (Å²) in [5.74, 6) is -0.0672. The zero-order chi connectivity index (χ0) is 17.5. The van der Waals surface area contributed by atoms with Crippen LogP contribution in [-0.2, 0) is 6.18 Å². The lowest BCUT2D eigenvalue weighted by Gasteiger charge is -2.13. The molecule has 25 heavy (non-hydrogen) atoms. The van der Waals surface area contributed by atoms with E-state index in [0.29, 0.717) is 16.6 Å². The smallest absolute Gasteiger partial charge is 0.285 e. The summed E-state index contributed by atoms with van der Waals surface area (Å²) in [6.07, 6.45) is -2.92. The second-order valence-electron chi connectivity index (χ2n) is 5.55. The highest BCUT2D eigenvalue weighted by molar-refractivity contribution is 7.99. The third-order valence-corrected chi connectivity index (χ3v) is 4.45. The number of benzene rings is 1. The third kappa shape index (κ3) is 4.07. The Morgan fingerprint density at radius 2 is 1.80 bits per heavy atom. The van der Waals surface area contributed by atoms with Gasteiger partial charge in [-0.15, -0.1) is 22.6 Å². The van der Waals surface area contributed by atoms with E-state index in [1.54, 1.807) is 22.7 Å². The van der Waals surface area contributed by atoms with Crippen molar-refractivity contribution < 1.29 is 17.6 Å². The summed E-state index contributed by atoms with van der Waals surface area (Å²) < 4.78 is 54.2. The molecule has 1 aromatic carbocycles. The Balaban J connectivity index is 0.00000225. The fourth-order valence-corrected chi connectivity index (χ4v) is 3.25. The summed E-state index contributed by atoms with van der Waals surface area (Å²) in [6.45, 7) is 3.91. The maximum Gasteiger partial charge on any atom is 0.417 e. The molecule has 0 amide bonds. The van der Waals surface area contributed by atoms with Gasteiger partial charge in [-0.2, -0.15) is 13.2 Å². The van der Waals surface area contributed by atoms with Gasteiger partial charge in [-0.1, -0.05) is 25.6 Å². The molecule has 0 aliphatic carbocycles. The summed E-state index contributed by atoms with van der Waals surface area (Å²) in [4.78, 5) is 0.531. The van der Waals surface area contributed by atoms with Crippen LogP contribution in [0.15, 0.2) is 46.3 Å². The Morgan fingerprint density at radius 3 is 2.44 bits per heavy atom. The molecule has 0 radical (unpaired) electrons. The van der Waals surface area contributed by atoms with Gasteiger partial charge in [-0.05, 0) is 30.3 Å². The summed E-state index contributed by atoms with van der Waals surface area (Å²) in [6, 6.07) is 6.04. The minimum atomic E-state index is -4.62. The van der Waals surface area contributed by atoms with Gasteiger partial charge in [-0.3, -0.25) is 4.40 Å². The molecule has 3 rings (SSSR count). The van der Waals surface area contributed by atoms with Gasteiger partial charge in [0, 0.05) is 21.9 Å². The molecule has 9 heteroatoms. The van der Waals surface area contributed by atoms with Gasteiger partial charge in [0.2, 0.25) is 0 Å². The first-order valence-electron chi connectivity index (χ1n) is 7.15. The van der Waals surface area contributed by atoms with E-state index in [0.717, 1.165) is 29.7 Å². The minimum Gasteiger partial charge on any atom is -0.285 e. The summed E-state index contributed by atoms with van der Waals surface area (Å²) >= 11 is 0.925. The molecule has 2 heterocycles. The topological polar surface area (TPSA) is 30.2 Å². The molecule has 0 atom stereocenters. The molecule has 134 valence electrons. The minimum absolute atomic E-state index is 0. The fourth-order valence-electron chi connectivity index (χ4n) is 2.28. The van der Waals surface area contributed by atoms with Crippen molar-refractivity contribution in [1.29, 1.82) is 0 Å². The Bertz CT molecular complexity index is 893. The van der Waals surface area contributed by atoms with Gasteiger partial charge in [0.1, 0.15) is 11.6 Å². The van der Waals surface area contributed by atoms with Crippen LogP contribution in [0.4, 0.5) is 17.6 Å². The van der Waals surface area contributed by atoms with Gasteiger partial charge in [-0.25, -0.2) is 4.39 Å². The molecule has 3 aromatic rings. The summed E-state index contributed by atoms with van der Waals surface area (Å²) in [5.41, 5.74) is -0.362. The quantitative estimate of drug-likeness (QED) is 0.546. The van der Waals surface area contributed by atoms with Crippen LogP contribution < -0.4 is 0 Å². The van der Waals surface area contributed by atoms with E-state index in [-0.39, 0.29) is 23.2 Å². The monoisotopic (exact) mass is 391 g/mol. The van der Waals surface area contributed by atoms with Crippen LogP contribution in [0, 0.1) is 5.82 Å². The SMILES string of the molecule is CC(C)c1nnc2ccc(Sc3ccc(F)cc3C(F)(F)F)cn12.Cl. The van der Waals surface area contributed by atoms with E-state index in [1.165, 1.54) is 0 Å². The van der Waals surface area contributed by atoms with Crippen molar-refractivity contribution in [2.75, 3.05) is 0 Å². The molecule has 0 fully saturated rings. The number of hydrogen-bond donors (Lipinski definition) is 0. The van der Waals surface area contributed by atoms with Gasteiger partial charge in [0.15, 0.2) is 5.65 Å². The number of alkyl halides is 3. The van der Waals surface area contributed by atoms with Gasteiger partial charge < -0.3 is 0 Å². The average Bonchev–Trinajstić information content (AvgIpc) is 2.91. The van der Waals surface area contributed by atoms with Crippen LogP contribution in [0.25, 0.3) is 5.65 Å². The average molecular weight is 392 g/mol. The molecule has 0 spiro atoms. The number of pyridine rings is 1. The molecule has 0 aliphatic heterocycles. The lowest BCUT2D eigenvalue weighted by Crippen LogP contribution is -2.07. The third-order valence-electron chi connectivity index (χ3n) is 3.39. The predicted octanol–water partition coefficient (Wildman–Crippen LogP) is 5.58. The Morgan fingerprint density at radius 1 is 1.08 bits per heavy atom. The lowest BCUT2D eigenvalue weighted by molar-refractivity contribution is -0.139. The van der Waals surface area contributed by atoms with Crippen LogP contribution in [0.2, 0.25) is 0 Å². The van der Waals surface area contributed by atoms with Crippen molar-refractivity contribution in [2.24, 2.45) is 0 Å². The van der Waals surface area contributed by atoms with Gasteiger partial charge in [0.25, 0.3) is 0 Å². The normalized spacial score (nSPS) is 11.8. The predicted molar refractivity (Wildman–Crippen MR) is 89.8 cm³/mol. The number of hydrogen-bond acceptors (Lipinski definition) is 3. The first kappa shape index (κ1) is 19.5. The Kier molecular flexibility index (Phi) is 5.63. The summed E-state index contributed by atoms with van der Waals surface area (Å²) in [7, 11) is 0. The van der Waals surface area contributed by atoms with Crippen molar-refractivity contribution in [3.8, 4) is 0 Å². The van der Waals surface area contributed by atoms with Gasteiger partial charge in [0.05, 0.1) is 5.56 Å². The number of nitrogens with zero attached hydrogens (tertiary/aromatic N) is 3. The number of aromatic nitrogens is 3. The molecule has 0 bridgehead atoms. The molecule has 3 nitrogen and oxygen atoms in total. The first-order valence-corrected chi connectivity index (χ1v) is 7.96. The highest BCUT2D eigenvalue weighted by Crippen LogP contribution is 2.40. The van der Waals surface area contributed by atoms with E-state index in [2.05, 4.69) is 10.2 Å². The zero-order valence-corrected chi connectivity index (χ0v) is 14.8. The van der Waals surface area contributed by atoms with E-state index in [9.17, 15) is 17.6 Å². The first-order chi connectivity index (χ1) is 11.3. The largest absolute Gasteiger partial charge is 0.417 e. The van der Waals surface area contributed by atoms with Crippen LogP contribution >= 0.6 is 24.2 Å². The van der Waals surface area contributed by atoms with E-state index in [1.807, 2.05) is 13.8 Å². The van der Waals surface area contributed by atoms with Crippen molar-refractivity contribution in [2.45, 2.75) is 35.7 Å². The van der Waals surface area contributed by atoms with Crippen molar-refractivity contribution in [1.82, 2.24) is 14.6 Å². The second kappa shape index (κ2) is 7.21. The molecule has 0 N–H and O–H groups in total. The van der Waals surface area contributed by atoms with E-state index < -0.39 is 17.6 Å². The molecule has 0 saturated carbocycles. The number of halogens is 5. The van der Waals surface area contributed by atoms with E-state index >= 15 is 0 Å². The van der Waals surface area contributed by atoms with Crippen molar-refractivity contribution >= 4 is 29.8 Å². The molecule has 2 aromatic heterocycles. The maximum absolute atomic E-state index is 13.2. The highest BCUT2D eigenvalue weighted by Gasteiger charge is 2.34. The van der Waals surface area contributed by atoms with Crippen molar-refractivity contribution in [3.63, 3.8) is 0 Å². The molecular weight excluding hydrogens is 378 g/mol. The number of rotatable bonds is 3. The standard InChI is InChI=1S/C16H13F4N3S.ClH/c1-9(2)15-22-21-14-6-4-11(8-23(14)15)24-13-5-3-10(17)7-12(13)16(18,19)20;/h3-9H,1-2H3;1H. The van der Waals surface area contributed by atoms with Crippen LogP contribution in [0.3, 0.4) is 0 Å². The molecule has 0 saturated heterocycles. The van der Waals surface area contributed by atoms with Crippen molar-refractivity contribution in [3.05, 3.63) is 53.7 Å².